The van der Waals surface area contributed by atoms with E-state index in [1.54, 1.807) is 32.7 Å². The van der Waals surface area contributed by atoms with Gasteiger partial charge in [0.15, 0.2) is 11.6 Å². The molecule has 2 aliphatic rings. The van der Waals surface area contributed by atoms with Gasteiger partial charge in [-0.2, -0.15) is 0 Å². The molecule has 0 bridgehead atoms. The Balaban J connectivity index is 1.61. The number of aromatic nitrogens is 4. The summed E-state index contributed by atoms with van der Waals surface area (Å²) in [6.45, 7) is 2.51. The van der Waals surface area contributed by atoms with E-state index in [0.29, 0.717) is 51.1 Å². The lowest BCUT2D eigenvalue weighted by Crippen LogP contribution is -2.39. The molecule has 3 aromatic heterocycles. The monoisotopic (exact) mass is 504 g/mol. The first-order chi connectivity index (χ1) is 17.5. The molecule has 36 heavy (non-hydrogen) atoms. The maximum atomic E-state index is 13.2. The van der Waals surface area contributed by atoms with Gasteiger partial charge in [0.2, 0.25) is 0 Å². The van der Waals surface area contributed by atoms with Crippen LogP contribution in [0.15, 0.2) is 36.7 Å². The van der Waals surface area contributed by atoms with Gasteiger partial charge in [0.1, 0.15) is 17.1 Å². The topological polar surface area (TPSA) is 114 Å². The van der Waals surface area contributed by atoms with Gasteiger partial charge in [-0.25, -0.2) is 9.97 Å². The van der Waals surface area contributed by atoms with E-state index < -0.39 is 0 Å². The summed E-state index contributed by atoms with van der Waals surface area (Å²) >= 11 is 6.40. The summed E-state index contributed by atoms with van der Waals surface area (Å²) in [5.74, 6) is 0.920. The number of nitrogens with one attached hydrogen (secondary N) is 3. The number of methoxy groups -OCH3 is 2. The van der Waals surface area contributed by atoms with Gasteiger partial charge in [-0.15, -0.1) is 0 Å². The molecule has 9 nitrogen and oxygen atoms in total. The third-order valence-corrected chi connectivity index (χ3v) is 7.41. The van der Waals surface area contributed by atoms with E-state index in [9.17, 15) is 4.79 Å². The molecule has 1 aliphatic carbocycles. The van der Waals surface area contributed by atoms with Crippen molar-refractivity contribution in [3.63, 3.8) is 0 Å². The van der Waals surface area contributed by atoms with E-state index in [1.165, 1.54) is 0 Å². The number of hydrogen-bond acceptors (Lipinski definition) is 7. The van der Waals surface area contributed by atoms with E-state index >= 15 is 0 Å². The Bertz CT molecular complexity index is 1510. The molecule has 1 amide bonds. The smallest absolute Gasteiger partial charge is 0.255 e. The number of halogens is 1. The minimum Gasteiger partial charge on any atom is -0.493 e. The lowest BCUT2D eigenvalue weighted by atomic mass is 9.93. The second-order valence-corrected chi connectivity index (χ2v) is 9.64. The van der Waals surface area contributed by atoms with Crippen LogP contribution in [0.4, 0.5) is 11.4 Å². The number of aromatic amines is 1. The molecule has 0 radical (unpaired) electrons. The molecule has 1 aliphatic heterocycles. The van der Waals surface area contributed by atoms with Gasteiger partial charge in [-0.3, -0.25) is 9.78 Å². The largest absolute Gasteiger partial charge is 0.493 e. The Kier molecular flexibility index (Phi) is 5.35. The van der Waals surface area contributed by atoms with Crippen molar-refractivity contribution in [3.8, 4) is 17.0 Å². The number of rotatable bonds is 6. The number of para-hydroxylation sites is 1. The summed E-state index contributed by atoms with van der Waals surface area (Å²) in [6, 6.07) is 7.36. The van der Waals surface area contributed by atoms with Gasteiger partial charge < -0.3 is 25.1 Å². The highest BCUT2D eigenvalue weighted by Gasteiger charge is 2.51. The number of anilines is 2. The van der Waals surface area contributed by atoms with Crippen LogP contribution in [0.25, 0.3) is 22.3 Å². The molecule has 6 rings (SSSR count). The molecule has 0 saturated heterocycles. The zero-order chi connectivity index (χ0) is 25.0. The van der Waals surface area contributed by atoms with Gasteiger partial charge in [0, 0.05) is 36.5 Å². The molecule has 3 N–H and O–H groups in total. The van der Waals surface area contributed by atoms with Crippen LogP contribution in [0, 0.1) is 0 Å². The number of hydrogen-bond donors (Lipinski definition) is 3. The molecular weight excluding hydrogens is 480 g/mol. The molecule has 4 heterocycles. The van der Waals surface area contributed by atoms with Crippen molar-refractivity contribution in [1.82, 2.24) is 25.3 Å². The van der Waals surface area contributed by atoms with Crippen molar-refractivity contribution < 1.29 is 14.3 Å². The van der Waals surface area contributed by atoms with E-state index in [0.717, 1.165) is 29.8 Å². The zero-order valence-corrected chi connectivity index (χ0v) is 20.9. The molecule has 1 fully saturated rings. The first-order valence-corrected chi connectivity index (χ1v) is 12.1. The highest BCUT2D eigenvalue weighted by atomic mass is 35.5. The van der Waals surface area contributed by atoms with Gasteiger partial charge in [0.05, 0.1) is 41.0 Å². The normalized spacial score (nSPS) is 16.5. The Morgan fingerprint density at radius 2 is 2.03 bits per heavy atom. The SMILES string of the molecule is COc1c(Cl)cccc1Nc1c(-c2ccnc3cnc([C@@H](C)OC)nc23)[nH]c2c1C(=O)NCC21CC1. The molecule has 4 aromatic rings. The summed E-state index contributed by atoms with van der Waals surface area (Å²) in [4.78, 5) is 30.5. The number of benzene rings is 1. The number of carbonyl (C=O) groups excluding carboxylic acids is 1. The number of fused-ring (bicyclic) bond motifs is 3. The fourth-order valence-electron chi connectivity index (χ4n) is 4.86. The highest BCUT2D eigenvalue weighted by Crippen LogP contribution is 2.54. The predicted octanol–water partition coefficient (Wildman–Crippen LogP) is 4.91. The summed E-state index contributed by atoms with van der Waals surface area (Å²) in [5, 5.41) is 7.01. The summed E-state index contributed by atoms with van der Waals surface area (Å²) in [7, 11) is 3.19. The van der Waals surface area contributed by atoms with Crippen molar-refractivity contribution in [2.75, 3.05) is 26.1 Å². The average molecular weight is 505 g/mol. The Morgan fingerprint density at radius 1 is 1.19 bits per heavy atom. The van der Waals surface area contributed by atoms with Crippen molar-refractivity contribution in [3.05, 3.63) is 58.8 Å². The van der Waals surface area contributed by atoms with Crippen molar-refractivity contribution in [2.24, 2.45) is 0 Å². The van der Waals surface area contributed by atoms with Gasteiger partial charge in [-0.1, -0.05) is 17.7 Å². The first kappa shape index (κ1) is 22.8. The minimum absolute atomic E-state index is 0.0795. The molecule has 0 unspecified atom stereocenters. The number of amides is 1. The highest BCUT2D eigenvalue weighted by molar-refractivity contribution is 6.32. The quantitative estimate of drug-likeness (QED) is 0.342. The first-order valence-electron chi connectivity index (χ1n) is 11.7. The van der Waals surface area contributed by atoms with E-state index in [-0.39, 0.29) is 17.4 Å². The average Bonchev–Trinajstić information content (AvgIpc) is 3.58. The van der Waals surface area contributed by atoms with E-state index in [1.807, 2.05) is 25.1 Å². The van der Waals surface area contributed by atoms with Crippen LogP contribution in [0.1, 0.15) is 47.7 Å². The fourth-order valence-corrected chi connectivity index (χ4v) is 5.11. The van der Waals surface area contributed by atoms with Gasteiger partial charge in [0.25, 0.3) is 5.91 Å². The summed E-state index contributed by atoms with van der Waals surface area (Å²) < 4.78 is 11.0. The van der Waals surface area contributed by atoms with Gasteiger partial charge in [-0.05, 0) is 38.0 Å². The molecule has 1 spiro atoms. The fraction of sp³-hybridized carbons (Fsp3) is 0.308. The zero-order valence-electron chi connectivity index (χ0n) is 20.1. The number of carbonyl (C=O) groups is 1. The molecule has 10 heteroatoms. The second kappa shape index (κ2) is 8.46. The van der Waals surface area contributed by atoms with Crippen molar-refractivity contribution in [2.45, 2.75) is 31.3 Å². The Hall–Kier alpha value is -3.69. The van der Waals surface area contributed by atoms with Crippen LogP contribution in [0.5, 0.6) is 5.75 Å². The molecular formula is C26H25ClN6O3. The Morgan fingerprint density at radius 3 is 2.78 bits per heavy atom. The second-order valence-electron chi connectivity index (χ2n) is 9.23. The van der Waals surface area contributed by atoms with E-state index in [2.05, 4.69) is 25.6 Å². The van der Waals surface area contributed by atoms with Crippen LogP contribution in [0.2, 0.25) is 5.02 Å². The summed E-state index contributed by atoms with van der Waals surface area (Å²) in [6.07, 6.45) is 5.15. The predicted molar refractivity (Wildman–Crippen MR) is 137 cm³/mol. The van der Waals surface area contributed by atoms with Crippen LogP contribution in [-0.2, 0) is 10.2 Å². The lowest BCUT2D eigenvalue weighted by Gasteiger charge is -2.23. The molecule has 1 aromatic carbocycles. The van der Waals surface area contributed by atoms with Crippen LogP contribution >= 0.6 is 11.6 Å². The summed E-state index contributed by atoms with van der Waals surface area (Å²) in [5.41, 5.74) is 5.60. The van der Waals surface area contributed by atoms with Crippen molar-refractivity contribution in [1.29, 1.82) is 0 Å². The molecule has 1 atom stereocenters. The van der Waals surface area contributed by atoms with Crippen LogP contribution in [-0.4, -0.2) is 46.6 Å². The maximum absolute atomic E-state index is 13.2. The standard InChI is InChI=1S/C26H25ClN6O3/c1-13(35-2)24-29-11-17-19(33-24)14(7-10-28-17)20-21(31-16-6-4-5-15(27)22(16)36-3)18-23(32-20)26(8-9-26)12-30-25(18)34/h4-7,10-11,13,31-32H,8-9,12H2,1-3H3,(H,30,34)/t13-/m1/s1. The van der Waals surface area contributed by atoms with Gasteiger partial charge >= 0.3 is 0 Å². The molecule has 1 saturated carbocycles. The third-order valence-electron chi connectivity index (χ3n) is 7.11. The van der Waals surface area contributed by atoms with Crippen molar-refractivity contribution >= 4 is 39.9 Å². The number of H-pyrrole nitrogens is 1. The number of ether oxygens (including phenoxy) is 2. The minimum atomic E-state index is -0.284. The maximum Gasteiger partial charge on any atom is 0.255 e. The number of nitrogens with zero attached hydrogens (tertiary/aromatic N) is 3. The molecule has 184 valence electrons. The van der Waals surface area contributed by atoms with Crippen LogP contribution < -0.4 is 15.4 Å². The third kappa shape index (κ3) is 3.50. The lowest BCUT2D eigenvalue weighted by molar-refractivity contribution is 0.0938. The number of pyridine rings is 1. The van der Waals surface area contributed by atoms with E-state index in [4.69, 9.17) is 26.1 Å². The van der Waals surface area contributed by atoms with Crippen LogP contribution in [0.3, 0.4) is 0 Å². The Labute approximate surface area is 212 Å².